The van der Waals surface area contributed by atoms with Gasteiger partial charge < -0.3 is 4.90 Å². The van der Waals surface area contributed by atoms with Crippen LogP contribution in [0.4, 0.5) is 5.69 Å². The molecule has 1 aromatic carbocycles. The number of hydrogen-bond acceptors (Lipinski definition) is 2. The predicted molar refractivity (Wildman–Crippen MR) is 88.6 cm³/mol. The van der Waals surface area contributed by atoms with E-state index in [1.54, 1.807) is 0 Å². The van der Waals surface area contributed by atoms with Gasteiger partial charge in [0.05, 0.1) is 6.54 Å². The third-order valence-electron chi connectivity index (χ3n) is 4.52. The van der Waals surface area contributed by atoms with Crippen molar-refractivity contribution in [2.75, 3.05) is 24.5 Å². The third-order valence-corrected chi connectivity index (χ3v) is 4.52. The van der Waals surface area contributed by atoms with Gasteiger partial charge in [0.25, 0.3) is 0 Å². The Morgan fingerprint density at radius 3 is 2.29 bits per heavy atom. The van der Waals surface area contributed by atoms with Crippen molar-refractivity contribution in [3.05, 3.63) is 30.3 Å². The third kappa shape index (κ3) is 4.31. The van der Waals surface area contributed by atoms with Crippen molar-refractivity contribution < 1.29 is 4.79 Å². The summed E-state index contributed by atoms with van der Waals surface area (Å²) in [5.41, 5.74) is 1.00. The Morgan fingerprint density at radius 1 is 1.05 bits per heavy atom. The molecule has 0 spiro atoms. The number of nitrogens with zero attached hydrogens (tertiary/aromatic N) is 2. The zero-order valence-corrected chi connectivity index (χ0v) is 13.4. The maximum Gasteiger partial charge on any atom is 0.241 e. The van der Waals surface area contributed by atoms with Gasteiger partial charge in [-0.25, -0.2) is 0 Å². The van der Waals surface area contributed by atoms with E-state index in [4.69, 9.17) is 0 Å². The molecule has 3 heteroatoms. The molecule has 0 heterocycles. The molecule has 0 bridgehead atoms. The standard InChI is InChI=1S/C18H28N2O/c1-3-19(16-11-7-5-8-12-16)15-18(21)20(4-2)17-13-9-6-10-14-17/h6,9-10,13-14,16H,3-5,7-8,11-12,15H2,1-2H3. The lowest BCUT2D eigenvalue weighted by atomic mass is 9.94. The van der Waals surface area contributed by atoms with Crippen LogP contribution in [0.25, 0.3) is 0 Å². The average molecular weight is 288 g/mol. The Kier molecular flexibility index (Phi) is 6.24. The van der Waals surface area contributed by atoms with E-state index in [-0.39, 0.29) is 5.91 Å². The van der Waals surface area contributed by atoms with Gasteiger partial charge >= 0.3 is 0 Å². The van der Waals surface area contributed by atoms with Crippen LogP contribution in [-0.2, 0) is 4.79 Å². The molecule has 1 amide bonds. The van der Waals surface area contributed by atoms with Gasteiger partial charge in [-0.3, -0.25) is 9.69 Å². The van der Waals surface area contributed by atoms with Gasteiger partial charge in [0.2, 0.25) is 5.91 Å². The van der Waals surface area contributed by atoms with Crippen LogP contribution < -0.4 is 4.90 Å². The molecule has 116 valence electrons. The number of para-hydroxylation sites is 1. The number of hydrogen-bond donors (Lipinski definition) is 0. The molecular weight excluding hydrogens is 260 g/mol. The summed E-state index contributed by atoms with van der Waals surface area (Å²) in [4.78, 5) is 16.9. The number of rotatable bonds is 6. The van der Waals surface area contributed by atoms with Gasteiger partial charge in [0.1, 0.15) is 0 Å². The first-order valence-corrected chi connectivity index (χ1v) is 8.35. The van der Waals surface area contributed by atoms with E-state index in [0.717, 1.165) is 18.8 Å². The van der Waals surface area contributed by atoms with E-state index in [9.17, 15) is 4.79 Å². The summed E-state index contributed by atoms with van der Waals surface area (Å²) < 4.78 is 0. The van der Waals surface area contributed by atoms with Crippen molar-refractivity contribution in [3.63, 3.8) is 0 Å². The quantitative estimate of drug-likeness (QED) is 0.797. The molecule has 1 saturated carbocycles. The molecule has 0 atom stereocenters. The molecule has 1 aliphatic rings. The summed E-state index contributed by atoms with van der Waals surface area (Å²) in [6.45, 7) is 6.44. The van der Waals surface area contributed by atoms with E-state index in [2.05, 4.69) is 11.8 Å². The van der Waals surface area contributed by atoms with E-state index in [0.29, 0.717) is 12.6 Å². The molecule has 1 fully saturated rings. The highest BCUT2D eigenvalue weighted by molar-refractivity contribution is 5.94. The number of amides is 1. The maximum atomic E-state index is 12.7. The molecule has 21 heavy (non-hydrogen) atoms. The summed E-state index contributed by atoms with van der Waals surface area (Å²) in [5.74, 6) is 0.219. The average Bonchev–Trinajstić information content (AvgIpc) is 2.55. The summed E-state index contributed by atoms with van der Waals surface area (Å²) in [6.07, 6.45) is 6.47. The fraction of sp³-hybridized carbons (Fsp3) is 0.611. The first-order chi connectivity index (χ1) is 10.3. The van der Waals surface area contributed by atoms with Crippen LogP contribution in [0.3, 0.4) is 0 Å². The Bertz CT molecular complexity index is 426. The van der Waals surface area contributed by atoms with Crippen LogP contribution in [-0.4, -0.2) is 36.5 Å². The minimum absolute atomic E-state index is 0.219. The van der Waals surface area contributed by atoms with E-state index in [1.807, 2.05) is 42.2 Å². The number of anilines is 1. The number of carbonyl (C=O) groups excluding carboxylic acids is 1. The van der Waals surface area contributed by atoms with Crippen LogP contribution >= 0.6 is 0 Å². The van der Waals surface area contributed by atoms with E-state index in [1.165, 1.54) is 32.1 Å². The van der Waals surface area contributed by atoms with Crippen LogP contribution in [0.5, 0.6) is 0 Å². The largest absolute Gasteiger partial charge is 0.312 e. The molecular formula is C18H28N2O. The monoisotopic (exact) mass is 288 g/mol. The number of likely N-dealkylation sites (N-methyl/N-ethyl adjacent to an activating group) is 2. The summed E-state index contributed by atoms with van der Waals surface area (Å²) >= 11 is 0. The topological polar surface area (TPSA) is 23.6 Å². The van der Waals surface area contributed by atoms with Crippen molar-refractivity contribution in [1.82, 2.24) is 4.90 Å². The minimum Gasteiger partial charge on any atom is -0.312 e. The fourth-order valence-corrected chi connectivity index (χ4v) is 3.32. The lowest BCUT2D eigenvalue weighted by Crippen LogP contribution is -2.45. The highest BCUT2D eigenvalue weighted by Crippen LogP contribution is 2.23. The molecule has 1 aromatic rings. The van der Waals surface area contributed by atoms with Crippen LogP contribution in [0.15, 0.2) is 30.3 Å². The lowest BCUT2D eigenvalue weighted by molar-refractivity contribution is -0.120. The van der Waals surface area contributed by atoms with Gasteiger partial charge in [-0.2, -0.15) is 0 Å². The second-order valence-corrected chi connectivity index (χ2v) is 5.83. The maximum absolute atomic E-state index is 12.7. The number of carbonyl (C=O) groups is 1. The lowest BCUT2D eigenvalue weighted by Gasteiger charge is -2.34. The summed E-state index contributed by atoms with van der Waals surface area (Å²) in [7, 11) is 0. The molecule has 1 aliphatic carbocycles. The van der Waals surface area contributed by atoms with Gasteiger partial charge in [-0.15, -0.1) is 0 Å². The zero-order chi connectivity index (χ0) is 15.1. The first-order valence-electron chi connectivity index (χ1n) is 8.35. The normalized spacial score (nSPS) is 16.1. The Morgan fingerprint density at radius 2 is 1.71 bits per heavy atom. The molecule has 0 saturated heterocycles. The predicted octanol–water partition coefficient (Wildman–Crippen LogP) is 3.69. The van der Waals surface area contributed by atoms with E-state index < -0.39 is 0 Å². The van der Waals surface area contributed by atoms with Gasteiger partial charge in [-0.05, 0) is 38.4 Å². The summed E-state index contributed by atoms with van der Waals surface area (Å²) in [6, 6.07) is 10.6. The Balaban J connectivity index is 2.00. The Labute approximate surface area is 128 Å². The van der Waals surface area contributed by atoms with Gasteiger partial charge in [0.15, 0.2) is 0 Å². The highest BCUT2D eigenvalue weighted by atomic mass is 16.2. The molecule has 0 N–H and O–H groups in total. The van der Waals surface area contributed by atoms with Gasteiger partial charge in [-0.1, -0.05) is 44.4 Å². The number of benzene rings is 1. The van der Waals surface area contributed by atoms with Gasteiger partial charge in [0, 0.05) is 18.3 Å². The first kappa shape index (κ1) is 16.0. The van der Waals surface area contributed by atoms with E-state index >= 15 is 0 Å². The SMILES string of the molecule is CCN(C(=O)CN(CC)C1CCCCC1)c1ccccc1. The van der Waals surface area contributed by atoms with Crippen molar-refractivity contribution in [3.8, 4) is 0 Å². The molecule has 0 aliphatic heterocycles. The second kappa shape index (κ2) is 8.18. The Hall–Kier alpha value is -1.35. The van der Waals surface area contributed by atoms with Crippen molar-refractivity contribution in [2.24, 2.45) is 0 Å². The molecule has 0 aromatic heterocycles. The molecule has 3 nitrogen and oxygen atoms in total. The molecule has 0 unspecified atom stereocenters. The highest BCUT2D eigenvalue weighted by Gasteiger charge is 2.24. The summed E-state index contributed by atoms with van der Waals surface area (Å²) in [5, 5.41) is 0. The minimum atomic E-state index is 0.219. The van der Waals surface area contributed by atoms with Crippen molar-refractivity contribution >= 4 is 11.6 Å². The second-order valence-electron chi connectivity index (χ2n) is 5.83. The van der Waals surface area contributed by atoms with Crippen LogP contribution in [0, 0.1) is 0 Å². The van der Waals surface area contributed by atoms with Crippen LogP contribution in [0.1, 0.15) is 46.0 Å². The smallest absolute Gasteiger partial charge is 0.241 e. The zero-order valence-electron chi connectivity index (χ0n) is 13.4. The molecule has 0 radical (unpaired) electrons. The van der Waals surface area contributed by atoms with Crippen molar-refractivity contribution in [2.45, 2.75) is 52.0 Å². The van der Waals surface area contributed by atoms with Crippen molar-refractivity contribution in [1.29, 1.82) is 0 Å². The molecule has 2 rings (SSSR count). The van der Waals surface area contributed by atoms with Crippen LogP contribution in [0.2, 0.25) is 0 Å². The fourth-order valence-electron chi connectivity index (χ4n) is 3.32.